The van der Waals surface area contributed by atoms with Crippen LogP contribution in [-0.4, -0.2) is 44.0 Å². The number of nitrogens with zero attached hydrogens (tertiary/aromatic N) is 1. The Morgan fingerprint density at radius 1 is 1.11 bits per heavy atom. The van der Waals surface area contributed by atoms with Crippen LogP contribution in [0.1, 0.15) is 16.7 Å². The molecular formula is C21H23FN2O4. The molecule has 0 radical (unpaired) electrons. The molecule has 28 heavy (non-hydrogen) atoms. The fourth-order valence-electron chi connectivity index (χ4n) is 3.29. The molecule has 2 aromatic rings. The van der Waals surface area contributed by atoms with E-state index >= 15 is 0 Å². The summed E-state index contributed by atoms with van der Waals surface area (Å²) in [5.74, 6) is -0.355. The maximum atomic E-state index is 13.6. The zero-order chi connectivity index (χ0) is 20.1. The highest BCUT2D eigenvalue weighted by molar-refractivity contribution is 6.35. The molecule has 7 heteroatoms. The molecule has 0 unspecified atom stereocenters. The summed E-state index contributed by atoms with van der Waals surface area (Å²) in [6, 6.07) is 10.1. The number of hydrogen-bond donors (Lipinski definition) is 1. The van der Waals surface area contributed by atoms with Crippen LogP contribution in [0.2, 0.25) is 0 Å². The van der Waals surface area contributed by atoms with Crippen molar-refractivity contribution in [3.63, 3.8) is 0 Å². The van der Waals surface area contributed by atoms with Crippen LogP contribution in [-0.2, 0) is 29.0 Å². The van der Waals surface area contributed by atoms with Gasteiger partial charge in [-0.15, -0.1) is 0 Å². The first-order valence-electron chi connectivity index (χ1n) is 9.07. The van der Waals surface area contributed by atoms with Crippen LogP contribution < -0.4 is 14.8 Å². The summed E-state index contributed by atoms with van der Waals surface area (Å²) >= 11 is 0. The standard InChI is InChI=1S/C21H23FN2O4/c1-27-18-11-15-8-10-24(13-16(15)12-19(18)28-2)21(26)20(25)23-9-7-14-5-3-4-6-17(14)22/h3-6,11-12H,7-10,13H2,1-2H3,(H,23,25). The fourth-order valence-corrected chi connectivity index (χ4v) is 3.29. The normalized spacial score (nSPS) is 12.9. The lowest BCUT2D eigenvalue weighted by atomic mass is 9.98. The molecule has 6 nitrogen and oxygen atoms in total. The Labute approximate surface area is 163 Å². The summed E-state index contributed by atoms with van der Waals surface area (Å²) in [5, 5.41) is 2.58. The molecule has 1 aliphatic rings. The van der Waals surface area contributed by atoms with Crippen LogP contribution in [0, 0.1) is 5.82 Å². The van der Waals surface area contributed by atoms with Gasteiger partial charge in [0, 0.05) is 19.6 Å². The number of carbonyl (C=O) groups excluding carboxylic acids is 2. The van der Waals surface area contributed by atoms with Crippen molar-refractivity contribution in [2.24, 2.45) is 0 Å². The quantitative estimate of drug-likeness (QED) is 0.799. The van der Waals surface area contributed by atoms with Gasteiger partial charge in [-0.05, 0) is 47.7 Å². The van der Waals surface area contributed by atoms with Crippen LogP contribution in [0.15, 0.2) is 36.4 Å². The number of rotatable bonds is 5. The maximum Gasteiger partial charge on any atom is 0.312 e. The number of fused-ring (bicyclic) bond motifs is 1. The van der Waals surface area contributed by atoms with Gasteiger partial charge in [0.05, 0.1) is 14.2 Å². The van der Waals surface area contributed by atoms with Crippen molar-refractivity contribution < 1.29 is 23.5 Å². The Kier molecular flexibility index (Phi) is 6.13. The summed E-state index contributed by atoms with van der Waals surface area (Å²) in [5.41, 5.74) is 2.50. The Morgan fingerprint density at radius 3 is 2.46 bits per heavy atom. The molecule has 148 valence electrons. The van der Waals surface area contributed by atoms with E-state index in [0.717, 1.165) is 11.1 Å². The van der Waals surface area contributed by atoms with E-state index in [2.05, 4.69) is 5.32 Å². The SMILES string of the molecule is COc1cc2c(cc1OC)CN(C(=O)C(=O)NCCc1ccccc1F)CC2. The first kappa shape index (κ1) is 19.7. The van der Waals surface area contributed by atoms with Crippen LogP contribution in [0.3, 0.4) is 0 Å². The predicted octanol–water partition coefficient (Wildman–Crippen LogP) is 2.09. The third-order valence-corrected chi connectivity index (χ3v) is 4.84. The third kappa shape index (κ3) is 4.24. The molecule has 1 heterocycles. The van der Waals surface area contributed by atoms with E-state index in [9.17, 15) is 14.0 Å². The van der Waals surface area contributed by atoms with Crippen molar-refractivity contribution >= 4 is 11.8 Å². The number of halogens is 1. The number of carbonyl (C=O) groups is 2. The lowest BCUT2D eigenvalue weighted by Crippen LogP contribution is -2.45. The molecule has 0 aromatic heterocycles. The van der Waals surface area contributed by atoms with Crippen LogP contribution >= 0.6 is 0 Å². The number of amides is 2. The summed E-state index contributed by atoms with van der Waals surface area (Å²) in [7, 11) is 3.13. The van der Waals surface area contributed by atoms with Crippen molar-refractivity contribution in [2.45, 2.75) is 19.4 Å². The minimum absolute atomic E-state index is 0.195. The molecule has 2 aromatic carbocycles. The molecule has 2 amide bonds. The highest BCUT2D eigenvalue weighted by atomic mass is 19.1. The van der Waals surface area contributed by atoms with E-state index in [1.807, 2.05) is 12.1 Å². The van der Waals surface area contributed by atoms with Crippen molar-refractivity contribution in [3.05, 3.63) is 58.9 Å². The van der Waals surface area contributed by atoms with E-state index in [1.54, 1.807) is 32.4 Å². The van der Waals surface area contributed by atoms with E-state index in [-0.39, 0.29) is 12.4 Å². The van der Waals surface area contributed by atoms with Crippen molar-refractivity contribution in [1.82, 2.24) is 10.2 Å². The van der Waals surface area contributed by atoms with Crippen LogP contribution in [0.4, 0.5) is 4.39 Å². The van der Waals surface area contributed by atoms with Crippen molar-refractivity contribution in [2.75, 3.05) is 27.3 Å². The number of nitrogens with one attached hydrogen (secondary N) is 1. The number of methoxy groups -OCH3 is 2. The monoisotopic (exact) mass is 386 g/mol. The fraction of sp³-hybridized carbons (Fsp3) is 0.333. The molecule has 0 fully saturated rings. The second-order valence-electron chi connectivity index (χ2n) is 6.55. The molecule has 0 aliphatic carbocycles. The number of benzene rings is 2. The molecule has 1 N–H and O–H groups in total. The van der Waals surface area contributed by atoms with Gasteiger partial charge in [-0.2, -0.15) is 0 Å². The van der Waals surface area contributed by atoms with Gasteiger partial charge < -0.3 is 19.7 Å². The number of ether oxygens (including phenoxy) is 2. The van der Waals surface area contributed by atoms with Gasteiger partial charge in [0.2, 0.25) is 0 Å². The average Bonchev–Trinajstić information content (AvgIpc) is 2.72. The van der Waals surface area contributed by atoms with Gasteiger partial charge in [-0.1, -0.05) is 18.2 Å². The summed E-state index contributed by atoms with van der Waals surface area (Å²) < 4.78 is 24.2. The van der Waals surface area contributed by atoms with Gasteiger partial charge in [0.25, 0.3) is 0 Å². The Balaban J connectivity index is 1.59. The maximum absolute atomic E-state index is 13.6. The zero-order valence-electron chi connectivity index (χ0n) is 16.0. The Bertz CT molecular complexity index is 885. The topological polar surface area (TPSA) is 67.9 Å². The van der Waals surface area contributed by atoms with Gasteiger partial charge in [0.15, 0.2) is 11.5 Å². The zero-order valence-corrected chi connectivity index (χ0v) is 16.0. The Morgan fingerprint density at radius 2 is 1.79 bits per heavy atom. The first-order chi connectivity index (χ1) is 13.5. The van der Waals surface area contributed by atoms with E-state index in [4.69, 9.17) is 9.47 Å². The molecule has 0 spiro atoms. The predicted molar refractivity (Wildman–Crippen MR) is 102 cm³/mol. The molecule has 3 rings (SSSR count). The van der Waals surface area contributed by atoms with E-state index in [0.29, 0.717) is 43.0 Å². The first-order valence-corrected chi connectivity index (χ1v) is 9.07. The van der Waals surface area contributed by atoms with Crippen LogP contribution in [0.25, 0.3) is 0 Å². The second kappa shape index (κ2) is 8.73. The minimum atomic E-state index is -0.680. The van der Waals surface area contributed by atoms with Gasteiger partial charge >= 0.3 is 11.8 Å². The second-order valence-corrected chi connectivity index (χ2v) is 6.55. The molecule has 0 saturated carbocycles. The molecular weight excluding hydrogens is 363 g/mol. The molecule has 1 aliphatic heterocycles. The summed E-state index contributed by atoms with van der Waals surface area (Å²) in [4.78, 5) is 26.2. The molecule has 0 bridgehead atoms. The van der Waals surface area contributed by atoms with Gasteiger partial charge in [-0.25, -0.2) is 4.39 Å². The van der Waals surface area contributed by atoms with Crippen molar-refractivity contribution in [1.29, 1.82) is 0 Å². The van der Waals surface area contributed by atoms with Gasteiger partial charge in [0.1, 0.15) is 5.82 Å². The molecule has 0 atom stereocenters. The lowest BCUT2D eigenvalue weighted by Gasteiger charge is -2.29. The highest BCUT2D eigenvalue weighted by Gasteiger charge is 2.26. The highest BCUT2D eigenvalue weighted by Crippen LogP contribution is 2.33. The number of hydrogen-bond acceptors (Lipinski definition) is 4. The van der Waals surface area contributed by atoms with Crippen molar-refractivity contribution in [3.8, 4) is 11.5 Å². The average molecular weight is 386 g/mol. The summed E-state index contributed by atoms with van der Waals surface area (Å²) in [6.45, 7) is 0.970. The largest absolute Gasteiger partial charge is 0.493 e. The molecule has 0 saturated heterocycles. The Hall–Kier alpha value is -3.09. The van der Waals surface area contributed by atoms with E-state index < -0.39 is 11.8 Å². The smallest absolute Gasteiger partial charge is 0.312 e. The van der Waals surface area contributed by atoms with E-state index in [1.165, 1.54) is 11.0 Å². The minimum Gasteiger partial charge on any atom is -0.493 e. The van der Waals surface area contributed by atoms with Gasteiger partial charge in [-0.3, -0.25) is 9.59 Å². The lowest BCUT2D eigenvalue weighted by molar-refractivity contribution is -0.146. The summed E-state index contributed by atoms with van der Waals surface area (Å²) in [6.07, 6.45) is 0.954. The van der Waals surface area contributed by atoms with Crippen LogP contribution in [0.5, 0.6) is 11.5 Å². The third-order valence-electron chi connectivity index (χ3n) is 4.84.